The van der Waals surface area contributed by atoms with Gasteiger partial charge in [0, 0.05) is 0 Å². The molecule has 0 saturated heterocycles. The van der Waals surface area contributed by atoms with E-state index in [1.807, 2.05) is 0 Å². The number of rotatable bonds is 3. The summed E-state index contributed by atoms with van der Waals surface area (Å²) in [4.78, 5) is 4.28. The molecular formula is C8H11NO3. The summed E-state index contributed by atoms with van der Waals surface area (Å²) in [6.07, 6.45) is -0.740. The Hall–Kier alpha value is -1.10. The third-order valence-corrected chi connectivity index (χ3v) is 1.53. The van der Waals surface area contributed by atoms with Gasteiger partial charge in [0.25, 0.3) is 0 Å². The average Bonchev–Trinajstić information content (AvgIpc) is 2.06. The lowest BCUT2D eigenvalue weighted by Gasteiger charge is -2.08. The third-order valence-electron chi connectivity index (χ3n) is 1.53. The molecule has 0 aliphatic carbocycles. The van der Waals surface area contributed by atoms with Crippen molar-refractivity contribution in [1.82, 2.24) is 0 Å². The number of aromatic hydroxyl groups is 1. The summed E-state index contributed by atoms with van der Waals surface area (Å²) in [7, 11) is 0. The van der Waals surface area contributed by atoms with Crippen LogP contribution in [0.2, 0.25) is 0 Å². The first-order chi connectivity index (χ1) is 5.74. The Kier molecular flexibility index (Phi) is 3.04. The van der Waals surface area contributed by atoms with Gasteiger partial charge in [0.15, 0.2) is 0 Å². The van der Waals surface area contributed by atoms with Gasteiger partial charge < -0.3 is 15.1 Å². The average molecular weight is 169 g/mol. The van der Waals surface area contributed by atoms with E-state index in [1.165, 1.54) is 12.1 Å². The van der Waals surface area contributed by atoms with Crippen LogP contribution in [0.4, 0.5) is 0 Å². The Bertz CT molecular complexity index is 235. The first-order valence-electron chi connectivity index (χ1n) is 3.52. The second-order valence-corrected chi connectivity index (χ2v) is 2.44. The van der Waals surface area contributed by atoms with Crippen molar-refractivity contribution < 1.29 is 15.1 Å². The molecule has 4 N–H and O–H groups in total. The number of phenolic OH excluding ortho intramolecular Hbond substituents is 1. The molecule has 0 aliphatic heterocycles. The van der Waals surface area contributed by atoms with E-state index in [4.69, 9.17) is 11.0 Å². The molecule has 0 bridgehead atoms. The van der Waals surface area contributed by atoms with Crippen LogP contribution in [0.5, 0.6) is 5.75 Å². The van der Waals surface area contributed by atoms with Gasteiger partial charge in [0.05, 0.1) is 6.61 Å². The van der Waals surface area contributed by atoms with Crippen molar-refractivity contribution in [3.05, 3.63) is 29.8 Å². The van der Waals surface area contributed by atoms with Gasteiger partial charge in [-0.05, 0) is 17.7 Å². The second kappa shape index (κ2) is 4.06. The molecule has 0 spiro atoms. The van der Waals surface area contributed by atoms with Crippen LogP contribution < -0.4 is 5.90 Å². The fourth-order valence-corrected chi connectivity index (χ4v) is 0.884. The monoisotopic (exact) mass is 169 g/mol. The van der Waals surface area contributed by atoms with Crippen LogP contribution in [0.3, 0.4) is 0 Å². The van der Waals surface area contributed by atoms with Crippen molar-refractivity contribution in [1.29, 1.82) is 0 Å². The molecule has 1 unspecified atom stereocenters. The van der Waals surface area contributed by atoms with Crippen molar-refractivity contribution in [2.45, 2.75) is 6.10 Å². The van der Waals surface area contributed by atoms with Crippen LogP contribution in [0.15, 0.2) is 24.3 Å². The SMILES string of the molecule is NOCC(O)c1ccc(O)cc1. The maximum absolute atomic E-state index is 9.32. The van der Waals surface area contributed by atoms with E-state index >= 15 is 0 Å². The molecule has 0 aliphatic rings. The zero-order valence-corrected chi connectivity index (χ0v) is 6.47. The van der Waals surface area contributed by atoms with Crippen LogP contribution in [-0.2, 0) is 4.84 Å². The lowest BCUT2D eigenvalue weighted by Crippen LogP contribution is -2.10. The number of benzene rings is 1. The molecule has 0 radical (unpaired) electrons. The largest absolute Gasteiger partial charge is 0.508 e. The lowest BCUT2D eigenvalue weighted by molar-refractivity contribution is 0.0359. The van der Waals surface area contributed by atoms with Crippen LogP contribution in [0.1, 0.15) is 11.7 Å². The fraction of sp³-hybridized carbons (Fsp3) is 0.250. The zero-order valence-electron chi connectivity index (χ0n) is 6.47. The Labute approximate surface area is 70.2 Å². The van der Waals surface area contributed by atoms with Gasteiger partial charge >= 0.3 is 0 Å². The molecule has 12 heavy (non-hydrogen) atoms. The fourth-order valence-electron chi connectivity index (χ4n) is 0.884. The van der Waals surface area contributed by atoms with Gasteiger partial charge in [-0.15, -0.1) is 0 Å². The number of hydrogen-bond donors (Lipinski definition) is 3. The highest BCUT2D eigenvalue weighted by molar-refractivity contribution is 5.27. The van der Waals surface area contributed by atoms with Crippen LogP contribution in [0.25, 0.3) is 0 Å². The number of nitrogens with two attached hydrogens (primary N) is 1. The molecule has 1 aromatic rings. The quantitative estimate of drug-likeness (QED) is 0.569. The molecule has 4 heteroatoms. The predicted octanol–water partition coefficient (Wildman–Crippen LogP) is 0.316. The smallest absolute Gasteiger partial charge is 0.115 e. The summed E-state index contributed by atoms with van der Waals surface area (Å²) in [5.41, 5.74) is 0.665. The van der Waals surface area contributed by atoms with Crippen molar-refractivity contribution in [2.24, 2.45) is 5.90 Å². The molecule has 0 amide bonds. The number of phenols is 1. The van der Waals surface area contributed by atoms with E-state index in [1.54, 1.807) is 12.1 Å². The highest BCUT2D eigenvalue weighted by Gasteiger charge is 2.05. The summed E-state index contributed by atoms with van der Waals surface area (Å²) in [6.45, 7) is 0.0464. The van der Waals surface area contributed by atoms with E-state index in [0.717, 1.165) is 0 Å². The molecule has 0 heterocycles. The molecule has 1 aromatic carbocycles. The van der Waals surface area contributed by atoms with E-state index in [-0.39, 0.29) is 12.4 Å². The first-order valence-corrected chi connectivity index (χ1v) is 3.52. The van der Waals surface area contributed by atoms with Crippen LogP contribution in [0, 0.1) is 0 Å². The molecular weight excluding hydrogens is 158 g/mol. The Morgan fingerprint density at radius 1 is 1.33 bits per heavy atom. The van der Waals surface area contributed by atoms with Crippen molar-refractivity contribution in [3.63, 3.8) is 0 Å². The molecule has 0 saturated carbocycles. The summed E-state index contributed by atoms with van der Waals surface area (Å²) >= 11 is 0. The minimum atomic E-state index is -0.740. The molecule has 0 fully saturated rings. The van der Waals surface area contributed by atoms with Crippen molar-refractivity contribution in [2.75, 3.05) is 6.61 Å². The topological polar surface area (TPSA) is 75.7 Å². The van der Waals surface area contributed by atoms with Gasteiger partial charge in [0.1, 0.15) is 11.9 Å². The highest BCUT2D eigenvalue weighted by atomic mass is 16.6. The number of aliphatic hydroxyl groups is 1. The van der Waals surface area contributed by atoms with E-state index < -0.39 is 6.10 Å². The van der Waals surface area contributed by atoms with E-state index in [0.29, 0.717) is 5.56 Å². The molecule has 1 rings (SSSR count). The summed E-state index contributed by atoms with van der Waals surface area (Å²) in [6, 6.07) is 6.21. The van der Waals surface area contributed by atoms with Crippen molar-refractivity contribution in [3.8, 4) is 5.75 Å². The van der Waals surface area contributed by atoms with Crippen LogP contribution in [-0.4, -0.2) is 16.8 Å². The maximum Gasteiger partial charge on any atom is 0.115 e. The normalized spacial score (nSPS) is 12.8. The van der Waals surface area contributed by atoms with Gasteiger partial charge in [-0.25, -0.2) is 5.90 Å². The predicted molar refractivity (Wildman–Crippen MR) is 43.2 cm³/mol. The number of hydrogen-bond acceptors (Lipinski definition) is 4. The van der Waals surface area contributed by atoms with Crippen LogP contribution >= 0.6 is 0 Å². The van der Waals surface area contributed by atoms with E-state index in [2.05, 4.69) is 4.84 Å². The lowest BCUT2D eigenvalue weighted by atomic mass is 10.1. The van der Waals surface area contributed by atoms with Gasteiger partial charge in [-0.3, -0.25) is 0 Å². The molecule has 4 nitrogen and oxygen atoms in total. The van der Waals surface area contributed by atoms with Gasteiger partial charge in [-0.1, -0.05) is 12.1 Å². The molecule has 1 atom stereocenters. The third kappa shape index (κ3) is 2.20. The Balaban J connectivity index is 2.68. The zero-order chi connectivity index (χ0) is 8.97. The Morgan fingerprint density at radius 2 is 1.92 bits per heavy atom. The highest BCUT2D eigenvalue weighted by Crippen LogP contribution is 2.16. The Morgan fingerprint density at radius 3 is 2.42 bits per heavy atom. The van der Waals surface area contributed by atoms with Crippen molar-refractivity contribution >= 4 is 0 Å². The molecule has 66 valence electrons. The minimum absolute atomic E-state index is 0.0464. The summed E-state index contributed by atoms with van der Waals surface area (Å²) < 4.78 is 0. The van der Waals surface area contributed by atoms with Gasteiger partial charge in [0.2, 0.25) is 0 Å². The summed E-state index contributed by atoms with van der Waals surface area (Å²) in [5.74, 6) is 4.95. The van der Waals surface area contributed by atoms with Gasteiger partial charge in [-0.2, -0.15) is 0 Å². The second-order valence-electron chi connectivity index (χ2n) is 2.44. The maximum atomic E-state index is 9.32. The van der Waals surface area contributed by atoms with E-state index in [9.17, 15) is 5.11 Å². The summed E-state index contributed by atoms with van der Waals surface area (Å²) in [5, 5.41) is 18.3. The minimum Gasteiger partial charge on any atom is -0.508 e. The number of aliphatic hydroxyl groups excluding tert-OH is 1. The first kappa shape index (κ1) is 8.99. The molecule has 0 aromatic heterocycles. The standard InChI is InChI=1S/C8H11NO3/c9-12-5-8(11)6-1-3-7(10)4-2-6/h1-4,8,10-11H,5,9H2.